The molecule has 0 aromatic heterocycles. The van der Waals surface area contributed by atoms with Gasteiger partial charge in [0.2, 0.25) is 0 Å². The zero-order valence-corrected chi connectivity index (χ0v) is 11.8. The van der Waals surface area contributed by atoms with Gasteiger partial charge < -0.3 is 4.74 Å². The Morgan fingerprint density at radius 3 is 2.63 bits per heavy atom. The maximum atomic E-state index is 11.3. The molecule has 19 heavy (non-hydrogen) atoms. The van der Waals surface area contributed by atoms with Crippen LogP contribution in [0.3, 0.4) is 0 Å². The van der Waals surface area contributed by atoms with Crippen molar-refractivity contribution in [1.82, 2.24) is 0 Å². The van der Waals surface area contributed by atoms with Gasteiger partial charge >= 0.3 is 5.97 Å². The normalized spacial score (nSPS) is 12.3. The second kappa shape index (κ2) is 8.16. The lowest BCUT2D eigenvalue weighted by molar-refractivity contribution is -0.134. The lowest BCUT2D eigenvalue weighted by atomic mass is 9.95. The summed E-state index contributed by atoms with van der Waals surface area (Å²) in [5.41, 5.74) is 1.95. The lowest BCUT2D eigenvalue weighted by Crippen LogP contribution is -2.03. The molecular weight excluding hydrogens is 236 g/mol. The predicted octanol–water partition coefficient (Wildman–Crippen LogP) is 3.57. The van der Waals surface area contributed by atoms with Crippen LogP contribution in [0.2, 0.25) is 0 Å². The second-order valence-electron chi connectivity index (χ2n) is 4.39. The van der Waals surface area contributed by atoms with Gasteiger partial charge in [-0.2, -0.15) is 0 Å². The van der Waals surface area contributed by atoms with Crippen LogP contribution in [0.4, 0.5) is 0 Å². The Labute approximate surface area is 115 Å². The first-order chi connectivity index (χ1) is 9.17. The molecule has 1 aromatic carbocycles. The molecule has 0 aliphatic rings. The molecule has 0 spiro atoms. The molecule has 0 radical (unpaired) electrons. The first kappa shape index (κ1) is 15.0. The van der Waals surface area contributed by atoms with Crippen molar-refractivity contribution in [2.24, 2.45) is 5.92 Å². The average molecular weight is 256 g/mol. The Morgan fingerprint density at radius 2 is 2.05 bits per heavy atom. The molecule has 0 aliphatic carbocycles. The summed E-state index contributed by atoms with van der Waals surface area (Å²) in [5.74, 6) is 6.18. The van der Waals surface area contributed by atoms with Crippen molar-refractivity contribution >= 4 is 5.97 Å². The third-order valence-electron chi connectivity index (χ3n) is 2.84. The van der Waals surface area contributed by atoms with E-state index < -0.39 is 0 Å². The molecule has 0 saturated carbocycles. The Hall–Kier alpha value is -2.01. The maximum absolute atomic E-state index is 11.3. The van der Waals surface area contributed by atoms with E-state index in [1.807, 2.05) is 37.3 Å². The second-order valence-corrected chi connectivity index (χ2v) is 4.39. The molecule has 2 heteroatoms. The number of ether oxygens (including phenoxy) is 1. The van der Waals surface area contributed by atoms with Gasteiger partial charge in [0.15, 0.2) is 0 Å². The number of hydrogen-bond donors (Lipinski definition) is 0. The molecule has 0 saturated heterocycles. The highest BCUT2D eigenvalue weighted by atomic mass is 16.5. The van der Waals surface area contributed by atoms with Crippen molar-refractivity contribution in [2.75, 3.05) is 7.11 Å². The summed E-state index contributed by atoms with van der Waals surface area (Å²) in [6.45, 7) is 4.04. The van der Waals surface area contributed by atoms with E-state index in [1.165, 1.54) is 13.2 Å². The third kappa shape index (κ3) is 5.44. The monoisotopic (exact) mass is 256 g/mol. The maximum Gasteiger partial charge on any atom is 0.330 e. The van der Waals surface area contributed by atoms with Crippen LogP contribution in [0.5, 0.6) is 0 Å². The number of benzene rings is 1. The van der Waals surface area contributed by atoms with Gasteiger partial charge in [-0.05, 0) is 25.5 Å². The minimum Gasteiger partial charge on any atom is -0.466 e. The zero-order valence-electron chi connectivity index (χ0n) is 11.8. The van der Waals surface area contributed by atoms with E-state index in [-0.39, 0.29) is 11.9 Å². The van der Waals surface area contributed by atoms with E-state index in [2.05, 4.69) is 23.5 Å². The zero-order chi connectivity index (χ0) is 14.1. The van der Waals surface area contributed by atoms with Crippen molar-refractivity contribution in [1.29, 1.82) is 0 Å². The van der Waals surface area contributed by atoms with Crippen LogP contribution in [0.15, 0.2) is 42.0 Å². The highest BCUT2D eigenvalue weighted by Gasteiger charge is 2.08. The molecule has 1 unspecified atom stereocenters. The molecular formula is C17H20O2. The predicted molar refractivity (Wildman–Crippen MR) is 77.5 cm³/mol. The molecule has 0 aliphatic heterocycles. The van der Waals surface area contributed by atoms with Gasteiger partial charge in [-0.1, -0.05) is 49.0 Å². The minimum absolute atomic E-state index is 0.101. The first-order valence-electron chi connectivity index (χ1n) is 6.50. The van der Waals surface area contributed by atoms with Crippen LogP contribution in [-0.4, -0.2) is 13.1 Å². The Bertz CT molecular complexity index is 489. The summed E-state index contributed by atoms with van der Waals surface area (Å²) in [5, 5.41) is 0. The summed E-state index contributed by atoms with van der Waals surface area (Å²) in [4.78, 5) is 11.3. The van der Waals surface area contributed by atoms with E-state index in [0.717, 1.165) is 24.0 Å². The SMILES string of the molecule is CCCC(C#Cc1ccccc1)/C(C)=C\C(=O)OC. The minimum atomic E-state index is -0.319. The number of carbonyl (C=O) groups excluding carboxylic acids is 1. The van der Waals surface area contributed by atoms with E-state index >= 15 is 0 Å². The Morgan fingerprint density at radius 1 is 1.37 bits per heavy atom. The summed E-state index contributed by atoms with van der Waals surface area (Å²) < 4.78 is 4.65. The van der Waals surface area contributed by atoms with Gasteiger partial charge in [0.1, 0.15) is 0 Å². The van der Waals surface area contributed by atoms with Crippen LogP contribution in [0.25, 0.3) is 0 Å². The molecule has 0 heterocycles. The molecule has 0 bridgehead atoms. The number of allylic oxidation sites excluding steroid dienone is 1. The smallest absolute Gasteiger partial charge is 0.330 e. The van der Waals surface area contributed by atoms with Crippen molar-refractivity contribution in [3.63, 3.8) is 0 Å². The van der Waals surface area contributed by atoms with Crippen molar-refractivity contribution in [3.05, 3.63) is 47.5 Å². The van der Waals surface area contributed by atoms with E-state index in [0.29, 0.717) is 0 Å². The van der Waals surface area contributed by atoms with E-state index in [1.54, 1.807) is 0 Å². The summed E-state index contributed by atoms with van der Waals surface area (Å²) in [6.07, 6.45) is 3.50. The first-order valence-corrected chi connectivity index (χ1v) is 6.50. The van der Waals surface area contributed by atoms with Crippen LogP contribution in [0.1, 0.15) is 32.3 Å². The Kier molecular flexibility index (Phi) is 6.46. The highest BCUT2D eigenvalue weighted by Crippen LogP contribution is 2.16. The summed E-state index contributed by atoms with van der Waals surface area (Å²) in [7, 11) is 1.39. The van der Waals surface area contributed by atoms with Gasteiger partial charge in [-0.25, -0.2) is 4.79 Å². The molecule has 100 valence electrons. The quantitative estimate of drug-likeness (QED) is 0.467. The molecule has 0 N–H and O–H groups in total. The van der Waals surface area contributed by atoms with Crippen molar-refractivity contribution in [2.45, 2.75) is 26.7 Å². The third-order valence-corrected chi connectivity index (χ3v) is 2.84. The molecule has 1 atom stereocenters. The fourth-order valence-electron chi connectivity index (χ4n) is 1.74. The Balaban J connectivity index is 2.87. The molecule has 0 fully saturated rings. The molecule has 1 rings (SSSR count). The number of hydrogen-bond acceptors (Lipinski definition) is 2. The standard InChI is InChI=1S/C17H20O2/c1-4-8-16(14(2)13-17(18)19-3)12-11-15-9-6-5-7-10-15/h5-7,9-10,13,16H,4,8H2,1-3H3/b14-13-. The van der Waals surface area contributed by atoms with Gasteiger partial charge in [0.05, 0.1) is 7.11 Å². The summed E-state index contributed by atoms with van der Waals surface area (Å²) >= 11 is 0. The lowest BCUT2D eigenvalue weighted by Gasteiger charge is -2.09. The fourth-order valence-corrected chi connectivity index (χ4v) is 1.74. The van der Waals surface area contributed by atoms with Gasteiger partial charge in [-0.3, -0.25) is 0 Å². The topological polar surface area (TPSA) is 26.3 Å². The summed E-state index contributed by atoms with van der Waals surface area (Å²) in [6, 6.07) is 9.87. The van der Waals surface area contributed by atoms with E-state index in [4.69, 9.17) is 0 Å². The highest BCUT2D eigenvalue weighted by molar-refractivity contribution is 5.82. The number of methoxy groups -OCH3 is 1. The van der Waals surface area contributed by atoms with Gasteiger partial charge in [0.25, 0.3) is 0 Å². The van der Waals surface area contributed by atoms with Crippen LogP contribution in [-0.2, 0) is 9.53 Å². The average Bonchev–Trinajstić information content (AvgIpc) is 2.44. The molecule has 2 nitrogen and oxygen atoms in total. The van der Waals surface area contributed by atoms with Crippen LogP contribution >= 0.6 is 0 Å². The van der Waals surface area contributed by atoms with Gasteiger partial charge in [-0.15, -0.1) is 0 Å². The number of rotatable bonds is 4. The largest absolute Gasteiger partial charge is 0.466 e. The number of esters is 1. The van der Waals surface area contributed by atoms with Gasteiger partial charge in [0, 0.05) is 17.6 Å². The fraction of sp³-hybridized carbons (Fsp3) is 0.353. The number of carbonyl (C=O) groups is 1. The molecule has 1 aromatic rings. The van der Waals surface area contributed by atoms with Crippen molar-refractivity contribution in [3.8, 4) is 11.8 Å². The van der Waals surface area contributed by atoms with E-state index in [9.17, 15) is 4.79 Å². The van der Waals surface area contributed by atoms with Crippen LogP contribution < -0.4 is 0 Å². The van der Waals surface area contributed by atoms with Crippen LogP contribution in [0, 0.1) is 17.8 Å². The molecule has 0 amide bonds. The van der Waals surface area contributed by atoms with Crippen molar-refractivity contribution < 1.29 is 9.53 Å².